The van der Waals surface area contributed by atoms with E-state index in [1.54, 1.807) is 32.9 Å². The predicted octanol–water partition coefficient (Wildman–Crippen LogP) is 3.38. The Kier molecular flexibility index (Phi) is 8.04. The molecule has 0 spiro atoms. The van der Waals surface area contributed by atoms with Gasteiger partial charge in [0.15, 0.2) is 0 Å². The normalized spacial score (nSPS) is 12.5. The van der Waals surface area contributed by atoms with Crippen LogP contribution in [0.3, 0.4) is 0 Å². The standard InChI is InChI=1S/C22H27NO7S/c1-22(2,3)29-20(24)19(17-11-8-12-18(13-17)30-31(4,26)27)14-23-21(25)28-15-16-9-6-5-7-10-16/h5-13,19H,14-15H2,1-4H3,(H,23,25). The third-order valence-electron chi connectivity index (χ3n) is 3.86. The quantitative estimate of drug-likeness (QED) is 0.486. The number of hydrogen-bond acceptors (Lipinski definition) is 7. The smallest absolute Gasteiger partial charge is 0.407 e. The van der Waals surface area contributed by atoms with E-state index >= 15 is 0 Å². The van der Waals surface area contributed by atoms with Gasteiger partial charge in [-0.05, 0) is 44.0 Å². The van der Waals surface area contributed by atoms with E-state index < -0.39 is 33.7 Å². The molecule has 0 saturated carbocycles. The van der Waals surface area contributed by atoms with Crippen LogP contribution in [-0.2, 0) is 31.0 Å². The summed E-state index contributed by atoms with van der Waals surface area (Å²) in [6.45, 7) is 5.17. The van der Waals surface area contributed by atoms with Gasteiger partial charge in [0.1, 0.15) is 18.0 Å². The highest BCUT2D eigenvalue weighted by Crippen LogP contribution is 2.25. The Balaban J connectivity index is 2.12. The van der Waals surface area contributed by atoms with Crippen LogP contribution >= 0.6 is 0 Å². The minimum atomic E-state index is -3.73. The number of carbonyl (C=O) groups excluding carboxylic acids is 2. The van der Waals surface area contributed by atoms with Crippen LogP contribution < -0.4 is 9.50 Å². The van der Waals surface area contributed by atoms with Crippen LogP contribution in [0, 0.1) is 0 Å². The summed E-state index contributed by atoms with van der Waals surface area (Å²) in [7, 11) is -3.73. The fourth-order valence-corrected chi connectivity index (χ4v) is 3.08. The number of ether oxygens (including phenoxy) is 2. The molecular formula is C22H27NO7S. The van der Waals surface area contributed by atoms with E-state index in [-0.39, 0.29) is 18.9 Å². The van der Waals surface area contributed by atoms with Crippen LogP contribution in [0.2, 0.25) is 0 Å². The van der Waals surface area contributed by atoms with Gasteiger partial charge in [-0.2, -0.15) is 8.42 Å². The van der Waals surface area contributed by atoms with Gasteiger partial charge in [-0.3, -0.25) is 4.79 Å². The van der Waals surface area contributed by atoms with Gasteiger partial charge in [0, 0.05) is 6.54 Å². The highest BCUT2D eigenvalue weighted by molar-refractivity contribution is 7.86. The number of esters is 1. The van der Waals surface area contributed by atoms with Gasteiger partial charge in [0.05, 0.1) is 12.2 Å². The van der Waals surface area contributed by atoms with Crippen molar-refractivity contribution in [3.05, 3.63) is 65.7 Å². The number of nitrogens with one attached hydrogen (secondary N) is 1. The van der Waals surface area contributed by atoms with Crippen molar-refractivity contribution in [1.29, 1.82) is 0 Å². The molecule has 168 valence electrons. The molecule has 0 fully saturated rings. The van der Waals surface area contributed by atoms with Gasteiger partial charge in [0.25, 0.3) is 0 Å². The maximum atomic E-state index is 12.8. The SMILES string of the molecule is CC(C)(C)OC(=O)C(CNC(=O)OCc1ccccc1)c1cccc(OS(C)(=O)=O)c1. The maximum absolute atomic E-state index is 12.8. The van der Waals surface area contributed by atoms with Gasteiger partial charge >= 0.3 is 22.2 Å². The summed E-state index contributed by atoms with van der Waals surface area (Å²) in [5.41, 5.74) is 0.509. The Labute approximate surface area is 182 Å². The van der Waals surface area contributed by atoms with Crippen molar-refractivity contribution in [3.63, 3.8) is 0 Å². The Morgan fingerprint density at radius 1 is 1.03 bits per heavy atom. The van der Waals surface area contributed by atoms with Gasteiger partial charge in [-0.25, -0.2) is 4.79 Å². The molecule has 0 heterocycles. The second-order valence-electron chi connectivity index (χ2n) is 7.89. The fraction of sp³-hybridized carbons (Fsp3) is 0.364. The summed E-state index contributed by atoms with van der Waals surface area (Å²) in [5.74, 6) is -1.42. The van der Waals surface area contributed by atoms with Crippen molar-refractivity contribution in [2.45, 2.75) is 38.9 Å². The lowest BCUT2D eigenvalue weighted by Crippen LogP contribution is -2.35. The summed E-state index contributed by atoms with van der Waals surface area (Å²) >= 11 is 0. The predicted molar refractivity (Wildman–Crippen MR) is 115 cm³/mol. The van der Waals surface area contributed by atoms with Gasteiger partial charge in [-0.15, -0.1) is 0 Å². The van der Waals surface area contributed by atoms with Gasteiger partial charge < -0.3 is 19.0 Å². The highest BCUT2D eigenvalue weighted by atomic mass is 32.2. The van der Waals surface area contributed by atoms with Crippen molar-refractivity contribution in [3.8, 4) is 5.75 Å². The van der Waals surface area contributed by atoms with E-state index in [9.17, 15) is 18.0 Å². The van der Waals surface area contributed by atoms with Crippen molar-refractivity contribution < 1.29 is 31.7 Å². The minimum absolute atomic E-state index is 0.0558. The average Bonchev–Trinajstić information content (AvgIpc) is 2.65. The van der Waals surface area contributed by atoms with Crippen LogP contribution in [0.4, 0.5) is 4.79 Å². The fourth-order valence-electron chi connectivity index (χ4n) is 2.63. The summed E-state index contributed by atoms with van der Waals surface area (Å²) < 4.78 is 38.4. The molecular weight excluding hydrogens is 422 g/mol. The van der Waals surface area contributed by atoms with E-state index in [0.29, 0.717) is 5.56 Å². The lowest BCUT2D eigenvalue weighted by Gasteiger charge is -2.24. The van der Waals surface area contributed by atoms with Crippen molar-refractivity contribution in [1.82, 2.24) is 5.32 Å². The summed E-state index contributed by atoms with van der Waals surface area (Å²) in [6.07, 6.45) is 0.232. The number of alkyl carbamates (subject to hydrolysis) is 1. The average molecular weight is 450 g/mol. The van der Waals surface area contributed by atoms with Crippen LogP contribution in [0.15, 0.2) is 54.6 Å². The number of amides is 1. The maximum Gasteiger partial charge on any atom is 0.407 e. The summed E-state index contributed by atoms with van der Waals surface area (Å²) in [6, 6.07) is 15.2. The Bertz CT molecular complexity index is 998. The molecule has 0 bridgehead atoms. The molecule has 31 heavy (non-hydrogen) atoms. The molecule has 9 heteroatoms. The second-order valence-corrected chi connectivity index (χ2v) is 9.46. The van der Waals surface area contributed by atoms with E-state index in [1.807, 2.05) is 30.3 Å². The molecule has 2 aromatic rings. The molecule has 0 aromatic heterocycles. The molecule has 8 nitrogen and oxygen atoms in total. The lowest BCUT2D eigenvalue weighted by molar-refractivity contribution is -0.156. The van der Waals surface area contributed by atoms with E-state index in [2.05, 4.69) is 5.32 Å². The third kappa shape index (κ3) is 9.08. The molecule has 1 N–H and O–H groups in total. The van der Waals surface area contributed by atoms with E-state index in [4.69, 9.17) is 13.7 Å². The molecule has 2 aromatic carbocycles. The molecule has 0 aliphatic carbocycles. The third-order valence-corrected chi connectivity index (χ3v) is 4.36. The van der Waals surface area contributed by atoms with Crippen LogP contribution in [0.5, 0.6) is 5.75 Å². The first-order valence-corrected chi connectivity index (χ1v) is 11.4. The van der Waals surface area contributed by atoms with Crippen molar-refractivity contribution in [2.24, 2.45) is 0 Å². The Hall–Kier alpha value is -3.07. The summed E-state index contributed by atoms with van der Waals surface area (Å²) in [4.78, 5) is 24.9. The molecule has 1 atom stereocenters. The zero-order valence-corrected chi connectivity index (χ0v) is 18.8. The molecule has 0 radical (unpaired) electrons. The Morgan fingerprint density at radius 3 is 2.32 bits per heavy atom. The zero-order valence-electron chi connectivity index (χ0n) is 18.0. The topological polar surface area (TPSA) is 108 Å². The monoisotopic (exact) mass is 449 g/mol. The van der Waals surface area contributed by atoms with E-state index in [1.165, 1.54) is 12.1 Å². The zero-order chi connectivity index (χ0) is 23.1. The largest absolute Gasteiger partial charge is 0.459 e. The van der Waals surface area contributed by atoms with Crippen LogP contribution in [0.1, 0.15) is 37.8 Å². The number of rotatable bonds is 8. The molecule has 0 aliphatic heterocycles. The first kappa shape index (κ1) is 24.2. The molecule has 0 saturated heterocycles. The second kappa shape index (κ2) is 10.3. The van der Waals surface area contributed by atoms with E-state index in [0.717, 1.165) is 11.8 Å². The minimum Gasteiger partial charge on any atom is -0.459 e. The van der Waals surface area contributed by atoms with Crippen LogP contribution in [-0.4, -0.2) is 38.9 Å². The van der Waals surface area contributed by atoms with Crippen LogP contribution in [0.25, 0.3) is 0 Å². The summed E-state index contributed by atoms with van der Waals surface area (Å²) in [5, 5.41) is 2.56. The number of hydrogen-bond donors (Lipinski definition) is 1. The Morgan fingerprint density at radius 2 is 1.71 bits per heavy atom. The highest BCUT2D eigenvalue weighted by Gasteiger charge is 2.28. The van der Waals surface area contributed by atoms with Crippen molar-refractivity contribution in [2.75, 3.05) is 12.8 Å². The molecule has 1 unspecified atom stereocenters. The molecule has 1 amide bonds. The number of benzene rings is 2. The lowest BCUT2D eigenvalue weighted by atomic mass is 9.98. The first-order chi connectivity index (χ1) is 14.4. The van der Waals surface area contributed by atoms with Gasteiger partial charge in [0.2, 0.25) is 0 Å². The van der Waals surface area contributed by atoms with Gasteiger partial charge in [-0.1, -0.05) is 42.5 Å². The molecule has 0 aliphatic rings. The first-order valence-electron chi connectivity index (χ1n) is 9.60. The number of carbonyl (C=O) groups is 2. The molecule has 2 rings (SSSR count). The van der Waals surface area contributed by atoms with Crippen molar-refractivity contribution >= 4 is 22.2 Å².